The molecule has 0 aliphatic carbocycles. The molecule has 0 bridgehead atoms. The van der Waals surface area contributed by atoms with E-state index in [0.717, 1.165) is 19.3 Å². The Morgan fingerprint density at radius 3 is 2.71 bits per heavy atom. The molecular formula is C18H21N3O3. The molecule has 6 heteroatoms. The van der Waals surface area contributed by atoms with E-state index in [1.807, 2.05) is 24.3 Å². The molecule has 1 aliphatic rings. The quantitative estimate of drug-likeness (QED) is 0.884. The molecule has 0 atom stereocenters. The summed E-state index contributed by atoms with van der Waals surface area (Å²) in [7, 11) is 0. The maximum atomic E-state index is 12.7. The Morgan fingerprint density at radius 1 is 1.29 bits per heavy atom. The van der Waals surface area contributed by atoms with E-state index in [1.54, 1.807) is 4.90 Å². The molecule has 1 aromatic heterocycles. The van der Waals surface area contributed by atoms with Gasteiger partial charge in [-0.15, -0.1) is 0 Å². The molecule has 6 nitrogen and oxygen atoms in total. The monoisotopic (exact) mass is 327 g/mol. The van der Waals surface area contributed by atoms with Gasteiger partial charge in [0, 0.05) is 17.7 Å². The number of nitrogens with one attached hydrogen (secondary N) is 1. The Balaban J connectivity index is 1.71. The van der Waals surface area contributed by atoms with Crippen molar-refractivity contribution >= 4 is 11.9 Å². The molecule has 0 spiro atoms. The number of carboxylic acid groups (broad SMARTS) is 1. The first-order valence-corrected chi connectivity index (χ1v) is 8.27. The predicted molar refractivity (Wildman–Crippen MR) is 89.0 cm³/mol. The fourth-order valence-electron chi connectivity index (χ4n) is 3.05. The first kappa shape index (κ1) is 16.2. The minimum Gasteiger partial charge on any atom is -0.476 e. The second-order valence-electron chi connectivity index (χ2n) is 6.11. The molecular weight excluding hydrogens is 306 g/mol. The molecule has 1 aliphatic heterocycles. The molecule has 0 saturated carbocycles. The van der Waals surface area contributed by atoms with Crippen LogP contribution in [0.15, 0.2) is 24.3 Å². The van der Waals surface area contributed by atoms with Gasteiger partial charge in [0.15, 0.2) is 5.69 Å². The SMILES string of the molecule is CCCCc1ccc(C(=O)N2CCc3c(C(=O)O)n[nH]c3C2)cc1. The number of aromatic carboxylic acids is 1. The standard InChI is InChI=1S/C18H21N3O3/c1-2-3-4-12-5-7-13(8-6-12)17(22)21-10-9-14-15(11-21)19-20-16(14)18(23)24/h5-8H,2-4,9-11H2,1H3,(H,19,20)(H,23,24). The van der Waals surface area contributed by atoms with Gasteiger partial charge in [-0.3, -0.25) is 9.89 Å². The topological polar surface area (TPSA) is 86.3 Å². The number of benzene rings is 1. The van der Waals surface area contributed by atoms with Crippen molar-refractivity contribution in [3.63, 3.8) is 0 Å². The Morgan fingerprint density at radius 2 is 2.04 bits per heavy atom. The van der Waals surface area contributed by atoms with Crippen molar-refractivity contribution < 1.29 is 14.7 Å². The Kier molecular flexibility index (Phi) is 4.64. The molecule has 3 rings (SSSR count). The summed E-state index contributed by atoms with van der Waals surface area (Å²) in [5.41, 5.74) is 3.40. The first-order chi connectivity index (χ1) is 11.6. The number of hydrogen-bond acceptors (Lipinski definition) is 3. The molecule has 0 saturated heterocycles. The first-order valence-electron chi connectivity index (χ1n) is 8.27. The third kappa shape index (κ3) is 3.18. The smallest absolute Gasteiger partial charge is 0.356 e. The number of carbonyl (C=O) groups is 2. The maximum Gasteiger partial charge on any atom is 0.356 e. The molecule has 2 heterocycles. The van der Waals surface area contributed by atoms with Gasteiger partial charge in [-0.25, -0.2) is 4.79 Å². The predicted octanol–water partition coefficient (Wildman–Crippen LogP) is 2.65. The number of aromatic nitrogens is 2. The Labute approximate surface area is 140 Å². The summed E-state index contributed by atoms with van der Waals surface area (Å²) < 4.78 is 0. The van der Waals surface area contributed by atoms with Crippen LogP contribution in [-0.2, 0) is 19.4 Å². The number of nitrogens with zero attached hydrogens (tertiary/aromatic N) is 2. The van der Waals surface area contributed by atoms with Crippen LogP contribution in [0.1, 0.15) is 57.4 Å². The van der Waals surface area contributed by atoms with Crippen molar-refractivity contribution in [1.82, 2.24) is 15.1 Å². The lowest BCUT2D eigenvalue weighted by molar-refractivity contribution is 0.0689. The summed E-state index contributed by atoms with van der Waals surface area (Å²) in [6.45, 7) is 3.03. The van der Waals surface area contributed by atoms with Gasteiger partial charge in [-0.05, 0) is 37.0 Å². The van der Waals surface area contributed by atoms with Crippen LogP contribution in [0.2, 0.25) is 0 Å². The molecule has 2 aromatic rings. The van der Waals surface area contributed by atoms with Gasteiger partial charge < -0.3 is 10.0 Å². The highest BCUT2D eigenvalue weighted by Crippen LogP contribution is 2.22. The fraction of sp³-hybridized carbons (Fsp3) is 0.389. The lowest BCUT2D eigenvalue weighted by atomic mass is 10.0. The van der Waals surface area contributed by atoms with Crippen molar-refractivity contribution in [1.29, 1.82) is 0 Å². The molecule has 0 fully saturated rings. The van der Waals surface area contributed by atoms with Crippen LogP contribution in [0.3, 0.4) is 0 Å². The van der Waals surface area contributed by atoms with Gasteiger partial charge in [-0.2, -0.15) is 5.10 Å². The third-order valence-corrected chi connectivity index (χ3v) is 4.44. The maximum absolute atomic E-state index is 12.7. The third-order valence-electron chi connectivity index (χ3n) is 4.44. The van der Waals surface area contributed by atoms with Crippen molar-refractivity contribution in [2.24, 2.45) is 0 Å². The average Bonchev–Trinajstić information content (AvgIpc) is 3.03. The highest BCUT2D eigenvalue weighted by atomic mass is 16.4. The number of carbonyl (C=O) groups excluding carboxylic acids is 1. The number of fused-ring (bicyclic) bond motifs is 1. The molecule has 2 N–H and O–H groups in total. The van der Waals surface area contributed by atoms with E-state index in [9.17, 15) is 9.59 Å². The van der Waals surface area contributed by atoms with Gasteiger partial charge in [0.1, 0.15) is 0 Å². The van der Waals surface area contributed by atoms with E-state index in [2.05, 4.69) is 17.1 Å². The summed E-state index contributed by atoms with van der Waals surface area (Å²) >= 11 is 0. The summed E-state index contributed by atoms with van der Waals surface area (Å²) in [6.07, 6.45) is 3.84. The summed E-state index contributed by atoms with van der Waals surface area (Å²) in [5, 5.41) is 15.7. The van der Waals surface area contributed by atoms with Crippen molar-refractivity contribution in [2.45, 2.75) is 39.2 Å². The van der Waals surface area contributed by atoms with Gasteiger partial charge in [0.25, 0.3) is 5.91 Å². The lowest BCUT2D eigenvalue weighted by Crippen LogP contribution is -2.36. The zero-order chi connectivity index (χ0) is 17.1. The van der Waals surface area contributed by atoms with E-state index in [1.165, 1.54) is 5.56 Å². The van der Waals surface area contributed by atoms with Crippen LogP contribution in [-0.4, -0.2) is 38.6 Å². The van der Waals surface area contributed by atoms with Gasteiger partial charge in [0.05, 0.1) is 12.2 Å². The summed E-state index contributed by atoms with van der Waals surface area (Å²) in [6, 6.07) is 7.77. The van der Waals surface area contributed by atoms with Crippen LogP contribution < -0.4 is 0 Å². The zero-order valence-electron chi connectivity index (χ0n) is 13.7. The van der Waals surface area contributed by atoms with Crippen LogP contribution in [0.4, 0.5) is 0 Å². The number of rotatable bonds is 5. The highest BCUT2D eigenvalue weighted by Gasteiger charge is 2.27. The van der Waals surface area contributed by atoms with Crippen LogP contribution >= 0.6 is 0 Å². The Hall–Kier alpha value is -2.63. The van der Waals surface area contributed by atoms with Gasteiger partial charge in [0.2, 0.25) is 0 Å². The highest BCUT2D eigenvalue weighted by molar-refractivity contribution is 5.94. The minimum atomic E-state index is -1.03. The molecule has 0 radical (unpaired) electrons. The lowest BCUT2D eigenvalue weighted by Gasteiger charge is -2.26. The van der Waals surface area contributed by atoms with Crippen molar-refractivity contribution in [3.8, 4) is 0 Å². The second-order valence-corrected chi connectivity index (χ2v) is 6.11. The Bertz CT molecular complexity index is 749. The van der Waals surface area contributed by atoms with Gasteiger partial charge >= 0.3 is 5.97 Å². The second kappa shape index (κ2) is 6.86. The number of aromatic amines is 1. The fourth-order valence-corrected chi connectivity index (χ4v) is 3.05. The minimum absolute atomic E-state index is 0.0332. The molecule has 1 amide bonds. The number of carboxylic acids is 1. The number of unbranched alkanes of at least 4 members (excludes halogenated alkanes) is 1. The van der Waals surface area contributed by atoms with E-state index in [4.69, 9.17) is 5.11 Å². The van der Waals surface area contributed by atoms with Gasteiger partial charge in [-0.1, -0.05) is 25.5 Å². The summed E-state index contributed by atoms with van der Waals surface area (Å²) in [4.78, 5) is 25.5. The average molecular weight is 327 g/mol. The van der Waals surface area contributed by atoms with E-state index in [-0.39, 0.29) is 11.6 Å². The molecule has 0 unspecified atom stereocenters. The van der Waals surface area contributed by atoms with Crippen LogP contribution in [0, 0.1) is 0 Å². The molecule has 1 aromatic carbocycles. The van der Waals surface area contributed by atoms with E-state index in [0.29, 0.717) is 36.3 Å². The normalized spacial score (nSPS) is 13.6. The summed E-state index contributed by atoms with van der Waals surface area (Å²) in [5.74, 6) is -1.07. The van der Waals surface area contributed by atoms with Crippen molar-refractivity contribution in [2.75, 3.05) is 6.54 Å². The zero-order valence-corrected chi connectivity index (χ0v) is 13.7. The van der Waals surface area contributed by atoms with E-state index >= 15 is 0 Å². The number of aryl methyl sites for hydroxylation is 1. The number of amides is 1. The van der Waals surface area contributed by atoms with Crippen LogP contribution in [0.5, 0.6) is 0 Å². The number of hydrogen-bond donors (Lipinski definition) is 2. The number of H-pyrrole nitrogens is 1. The largest absolute Gasteiger partial charge is 0.476 e. The molecule has 126 valence electrons. The van der Waals surface area contributed by atoms with Crippen molar-refractivity contribution in [3.05, 3.63) is 52.3 Å². The molecule has 24 heavy (non-hydrogen) atoms. The van der Waals surface area contributed by atoms with Crippen LogP contribution in [0.25, 0.3) is 0 Å². The van der Waals surface area contributed by atoms with E-state index < -0.39 is 5.97 Å².